The first kappa shape index (κ1) is 15.6. The average molecular weight is 320 g/mol. The molecule has 3 aromatic rings. The van der Waals surface area contributed by atoms with Crippen LogP contribution in [0.5, 0.6) is 11.5 Å². The zero-order valence-corrected chi connectivity index (χ0v) is 13.2. The third kappa shape index (κ3) is 3.39. The largest absolute Gasteiger partial charge is 0.493 e. The minimum absolute atomic E-state index is 0.0967. The summed E-state index contributed by atoms with van der Waals surface area (Å²) in [6.45, 7) is 0.488. The van der Waals surface area contributed by atoms with E-state index in [4.69, 9.17) is 9.47 Å². The van der Waals surface area contributed by atoms with E-state index >= 15 is 0 Å². The Hall–Kier alpha value is -3.26. The summed E-state index contributed by atoms with van der Waals surface area (Å²) in [5.74, 6) is 7.11. The van der Waals surface area contributed by atoms with Gasteiger partial charge in [0.15, 0.2) is 11.5 Å². The van der Waals surface area contributed by atoms with E-state index in [0.29, 0.717) is 22.4 Å². The Labute approximate surface area is 139 Å². The maximum absolute atomic E-state index is 12.3. The van der Waals surface area contributed by atoms with Gasteiger partial charge < -0.3 is 9.47 Å². The van der Waals surface area contributed by atoms with Crippen LogP contribution in [0.1, 0.15) is 0 Å². The van der Waals surface area contributed by atoms with Crippen LogP contribution in [0, 0.1) is 11.8 Å². The van der Waals surface area contributed by atoms with Crippen molar-refractivity contribution in [2.75, 3.05) is 13.7 Å². The number of aromatic nitrogens is 2. The van der Waals surface area contributed by atoms with Crippen LogP contribution in [0.15, 0.2) is 59.7 Å². The predicted molar refractivity (Wildman–Crippen MR) is 92.3 cm³/mol. The molecule has 1 aromatic heterocycles. The minimum atomic E-state index is -0.0967. The Morgan fingerprint density at radius 3 is 2.62 bits per heavy atom. The van der Waals surface area contributed by atoms with E-state index in [2.05, 4.69) is 16.8 Å². The average Bonchev–Trinajstić information content (AvgIpc) is 2.63. The molecule has 0 unspecified atom stereocenters. The molecule has 120 valence electrons. The van der Waals surface area contributed by atoms with Crippen LogP contribution < -0.4 is 15.0 Å². The molecule has 0 saturated carbocycles. The Balaban J connectivity index is 1.66. The molecular formula is C19H16N2O3. The normalized spacial score (nSPS) is 10.0. The SMILES string of the molecule is COc1ccccc1OCC#CCn1cnc2ccccc2c1=O. The summed E-state index contributed by atoms with van der Waals surface area (Å²) in [4.78, 5) is 16.6. The summed E-state index contributed by atoms with van der Waals surface area (Å²) in [6, 6.07) is 14.6. The monoisotopic (exact) mass is 320 g/mol. The summed E-state index contributed by atoms with van der Waals surface area (Å²) < 4.78 is 12.3. The molecule has 0 bridgehead atoms. The van der Waals surface area contributed by atoms with E-state index in [1.807, 2.05) is 42.5 Å². The van der Waals surface area contributed by atoms with E-state index in [0.717, 1.165) is 0 Å². The van der Waals surface area contributed by atoms with Crippen molar-refractivity contribution < 1.29 is 9.47 Å². The Morgan fingerprint density at radius 1 is 1.04 bits per heavy atom. The molecule has 0 aliphatic carbocycles. The quantitative estimate of drug-likeness (QED) is 0.693. The second-order valence-electron chi connectivity index (χ2n) is 4.99. The van der Waals surface area contributed by atoms with Gasteiger partial charge in [-0.3, -0.25) is 9.36 Å². The van der Waals surface area contributed by atoms with Crippen molar-refractivity contribution in [1.82, 2.24) is 9.55 Å². The van der Waals surface area contributed by atoms with Gasteiger partial charge in [-0.2, -0.15) is 0 Å². The number of fused-ring (bicyclic) bond motifs is 1. The van der Waals surface area contributed by atoms with Crippen molar-refractivity contribution in [2.24, 2.45) is 0 Å². The third-order valence-electron chi connectivity index (χ3n) is 3.47. The zero-order valence-electron chi connectivity index (χ0n) is 13.2. The number of ether oxygens (including phenoxy) is 2. The first-order valence-corrected chi connectivity index (χ1v) is 7.45. The van der Waals surface area contributed by atoms with Gasteiger partial charge in [0.25, 0.3) is 5.56 Å². The highest BCUT2D eigenvalue weighted by Gasteiger charge is 2.02. The first-order chi connectivity index (χ1) is 11.8. The van der Waals surface area contributed by atoms with Crippen LogP contribution in [-0.4, -0.2) is 23.3 Å². The number of para-hydroxylation sites is 3. The van der Waals surface area contributed by atoms with Crippen LogP contribution in [0.4, 0.5) is 0 Å². The van der Waals surface area contributed by atoms with Gasteiger partial charge in [-0.15, -0.1) is 0 Å². The molecule has 5 heteroatoms. The summed E-state index contributed by atoms with van der Waals surface area (Å²) in [7, 11) is 1.59. The molecule has 0 fully saturated rings. The molecule has 0 N–H and O–H groups in total. The summed E-state index contributed by atoms with van der Waals surface area (Å²) in [5.41, 5.74) is 0.590. The van der Waals surface area contributed by atoms with Crippen LogP contribution in [0.25, 0.3) is 10.9 Å². The molecule has 0 aliphatic rings. The first-order valence-electron chi connectivity index (χ1n) is 7.45. The molecule has 3 rings (SSSR count). The highest BCUT2D eigenvalue weighted by Crippen LogP contribution is 2.25. The van der Waals surface area contributed by atoms with Gasteiger partial charge in [0.05, 0.1) is 30.9 Å². The van der Waals surface area contributed by atoms with E-state index in [1.54, 1.807) is 13.2 Å². The van der Waals surface area contributed by atoms with Gasteiger partial charge in [-0.25, -0.2) is 4.98 Å². The number of hydrogen-bond donors (Lipinski definition) is 0. The van der Waals surface area contributed by atoms with Gasteiger partial charge in [-0.1, -0.05) is 36.1 Å². The topological polar surface area (TPSA) is 53.4 Å². The smallest absolute Gasteiger partial charge is 0.262 e. The van der Waals surface area contributed by atoms with Crippen molar-refractivity contribution >= 4 is 10.9 Å². The molecule has 0 saturated heterocycles. The van der Waals surface area contributed by atoms with E-state index in [9.17, 15) is 4.79 Å². The third-order valence-corrected chi connectivity index (χ3v) is 3.47. The van der Waals surface area contributed by atoms with Crippen LogP contribution >= 0.6 is 0 Å². The zero-order chi connectivity index (χ0) is 16.8. The highest BCUT2D eigenvalue weighted by molar-refractivity contribution is 5.76. The number of benzene rings is 2. The van der Waals surface area contributed by atoms with Gasteiger partial charge in [0.1, 0.15) is 6.61 Å². The fourth-order valence-electron chi connectivity index (χ4n) is 2.26. The van der Waals surface area contributed by atoms with Crippen molar-refractivity contribution in [2.45, 2.75) is 6.54 Å². The van der Waals surface area contributed by atoms with Crippen LogP contribution in [0.3, 0.4) is 0 Å². The lowest BCUT2D eigenvalue weighted by Crippen LogP contribution is -2.20. The molecule has 5 nitrogen and oxygen atoms in total. The minimum Gasteiger partial charge on any atom is -0.493 e. The van der Waals surface area contributed by atoms with E-state index < -0.39 is 0 Å². The van der Waals surface area contributed by atoms with Crippen molar-refractivity contribution in [1.29, 1.82) is 0 Å². The predicted octanol–water partition coefficient (Wildman–Crippen LogP) is 2.49. The Kier molecular flexibility index (Phi) is 4.78. The van der Waals surface area contributed by atoms with Crippen LogP contribution in [-0.2, 0) is 6.54 Å². The number of methoxy groups -OCH3 is 1. The maximum atomic E-state index is 12.3. The summed E-state index contributed by atoms with van der Waals surface area (Å²) in [6.07, 6.45) is 1.51. The second-order valence-corrected chi connectivity index (χ2v) is 4.99. The fraction of sp³-hybridized carbons (Fsp3) is 0.158. The Morgan fingerprint density at radius 2 is 1.79 bits per heavy atom. The molecular weight excluding hydrogens is 304 g/mol. The number of nitrogens with zero attached hydrogens (tertiary/aromatic N) is 2. The molecule has 0 spiro atoms. The Bertz CT molecular complexity index is 967. The lowest BCUT2D eigenvalue weighted by Gasteiger charge is -2.07. The van der Waals surface area contributed by atoms with Gasteiger partial charge >= 0.3 is 0 Å². The lowest BCUT2D eigenvalue weighted by molar-refractivity contribution is 0.331. The highest BCUT2D eigenvalue weighted by atomic mass is 16.5. The number of rotatable bonds is 4. The van der Waals surface area contributed by atoms with Crippen molar-refractivity contribution in [3.63, 3.8) is 0 Å². The van der Waals surface area contributed by atoms with Crippen molar-refractivity contribution in [3.8, 4) is 23.3 Å². The van der Waals surface area contributed by atoms with E-state index in [-0.39, 0.29) is 18.7 Å². The summed E-state index contributed by atoms with van der Waals surface area (Å²) >= 11 is 0. The van der Waals surface area contributed by atoms with Gasteiger partial charge in [0, 0.05) is 0 Å². The number of hydrogen-bond acceptors (Lipinski definition) is 4. The van der Waals surface area contributed by atoms with Crippen LogP contribution in [0.2, 0.25) is 0 Å². The fourth-order valence-corrected chi connectivity index (χ4v) is 2.26. The standard InChI is InChI=1S/C19H16N2O3/c1-23-17-10-4-5-11-18(17)24-13-7-6-12-21-14-20-16-9-3-2-8-15(16)19(21)22/h2-5,8-11,14H,12-13H2,1H3. The summed E-state index contributed by atoms with van der Waals surface area (Å²) in [5, 5.41) is 0.590. The molecule has 0 atom stereocenters. The lowest BCUT2D eigenvalue weighted by atomic mass is 10.2. The van der Waals surface area contributed by atoms with Gasteiger partial charge in [0.2, 0.25) is 0 Å². The van der Waals surface area contributed by atoms with Crippen molar-refractivity contribution in [3.05, 3.63) is 65.2 Å². The molecule has 2 aromatic carbocycles. The second kappa shape index (κ2) is 7.34. The molecule has 0 radical (unpaired) electrons. The maximum Gasteiger partial charge on any atom is 0.262 e. The van der Waals surface area contributed by atoms with E-state index in [1.165, 1.54) is 10.9 Å². The molecule has 0 aliphatic heterocycles. The molecule has 0 amide bonds. The van der Waals surface area contributed by atoms with Gasteiger partial charge in [-0.05, 0) is 24.3 Å². The molecule has 1 heterocycles. The molecule has 24 heavy (non-hydrogen) atoms.